The standard InChI is InChI=1S/C16H24ClN3O/c1-16(2,3)20-10-12(7-15(20)21)9-19(4)11-13-8-18-6-5-14(13)17/h5-6,8,12H,7,9-11H2,1-4H3. The minimum absolute atomic E-state index is 0.0862. The predicted molar refractivity (Wildman–Crippen MR) is 85.2 cm³/mol. The van der Waals surface area contributed by atoms with Crippen molar-refractivity contribution >= 4 is 17.5 Å². The van der Waals surface area contributed by atoms with Gasteiger partial charge in [-0.15, -0.1) is 0 Å². The fraction of sp³-hybridized carbons (Fsp3) is 0.625. The van der Waals surface area contributed by atoms with Crippen LogP contribution < -0.4 is 0 Å². The molecule has 0 bridgehead atoms. The van der Waals surface area contributed by atoms with Gasteiger partial charge in [0.05, 0.1) is 0 Å². The van der Waals surface area contributed by atoms with Crippen molar-refractivity contribution in [3.05, 3.63) is 29.0 Å². The number of amides is 1. The number of carbonyl (C=O) groups excluding carboxylic acids is 1. The molecule has 2 heterocycles. The zero-order chi connectivity index (χ0) is 15.6. The van der Waals surface area contributed by atoms with Gasteiger partial charge in [0.1, 0.15) is 0 Å². The number of nitrogens with zero attached hydrogens (tertiary/aromatic N) is 3. The predicted octanol–water partition coefficient (Wildman–Crippen LogP) is 2.81. The highest BCUT2D eigenvalue weighted by atomic mass is 35.5. The van der Waals surface area contributed by atoms with Gasteiger partial charge < -0.3 is 9.80 Å². The molecule has 0 radical (unpaired) electrons. The Bertz CT molecular complexity index is 512. The first-order chi connectivity index (χ1) is 9.77. The lowest BCUT2D eigenvalue weighted by Gasteiger charge is -2.32. The number of pyridine rings is 1. The lowest BCUT2D eigenvalue weighted by Crippen LogP contribution is -2.42. The van der Waals surface area contributed by atoms with Crippen molar-refractivity contribution in [2.24, 2.45) is 5.92 Å². The summed E-state index contributed by atoms with van der Waals surface area (Å²) in [6.07, 6.45) is 4.14. The van der Waals surface area contributed by atoms with Crippen LogP contribution in [0, 0.1) is 5.92 Å². The normalized spacial score (nSPS) is 19.6. The van der Waals surface area contributed by atoms with Gasteiger partial charge in [0.15, 0.2) is 0 Å². The van der Waals surface area contributed by atoms with E-state index < -0.39 is 0 Å². The number of likely N-dealkylation sites (tertiary alicyclic amines) is 1. The number of carbonyl (C=O) groups is 1. The van der Waals surface area contributed by atoms with Crippen molar-refractivity contribution in [1.82, 2.24) is 14.8 Å². The number of halogens is 1. The van der Waals surface area contributed by atoms with Crippen LogP contribution in [0.2, 0.25) is 5.02 Å². The highest BCUT2D eigenvalue weighted by Gasteiger charge is 2.36. The van der Waals surface area contributed by atoms with Crippen molar-refractivity contribution in [1.29, 1.82) is 0 Å². The zero-order valence-electron chi connectivity index (χ0n) is 13.3. The van der Waals surface area contributed by atoms with E-state index in [9.17, 15) is 4.79 Å². The molecule has 1 aromatic rings. The quantitative estimate of drug-likeness (QED) is 0.858. The Morgan fingerprint density at radius 3 is 2.76 bits per heavy atom. The molecule has 1 fully saturated rings. The van der Waals surface area contributed by atoms with E-state index in [1.165, 1.54) is 0 Å². The van der Waals surface area contributed by atoms with E-state index in [0.29, 0.717) is 12.3 Å². The van der Waals surface area contributed by atoms with E-state index in [2.05, 4.69) is 37.7 Å². The van der Waals surface area contributed by atoms with E-state index in [0.717, 1.165) is 30.2 Å². The highest BCUT2D eigenvalue weighted by Crippen LogP contribution is 2.26. The van der Waals surface area contributed by atoms with Crippen LogP contribution in [0.4, 0.5) is 0 Å². The highest BCUT2D eigenvalue weighted by molar-refractivity contribution is 6.31. The smallest absolute Gasteiger partial charge is 0.223 e. The molecule has 1 aromatic heterocycles. The van der Waals surface area contributed by atoms with Gasteiger partial charge in [-0.05, 0) is 39.8 Å². The van der Waals surface area contributed by atoms with Gasteiger partial charge in [0, 0.05) is 54.6 Å². The second kappa shape index (κ2) is 6.32. The second-order valence-electron chi connectivity index (χ2n) is 6.91. The maximum Gasteiger partial charge on any atom is 0.223 e. The van der Waals surface area contributed by atoms with Crippen molar-refractivity contribution in [2.75, 3.05) is 20.1 Å². The Kier molecular flexibility index (Phi) is 4.89. The summed E-state index contributed by atoms with van der Waals surface area (Å²) in [5.41, 5.74) is 0.940. The Morgan fingerprint density at radius 1 is 1.48 bits per heavy atom. The first-order valence-electron chi connectivity index (χ1n) is 7.35. The van der Waals surface area contributed by atoms with Crippen molar-refractivity contribution in [2.45, 2.75) is 39.3 Å². The van der Waals surface area contributed by atoms with Crippen LogP contribution in [-0.2, 0) is 11.3 Å². The van der Waals surface area contributed by atoms with E-state index in [1.807, 2.05) is 11.0 Å². The van der Waals surface area contributed by atoms with Crippen LogP contribution in [0.1, 0.15) is 32.8 Å². The fourth-order valence-corrected chi connectivity index (χ4v) is 3.04. The Hall–Kier alpha value is -1.13. The average Bonchev–Trinajstić information content (AvgIpc) is 2.73. The first kappa shape index (κ1) is 16.2. The molecule has 1 aliphatic heterocycles. The third-order valence-corrected chi connectivity index (χ3v) is 4.24. The summed E-state index contributed by atoms with van der Waals surface area (Å²) in [6, 6.07) is 1.81. The summed E-state index contributed by atoms with van der Waals surface area (Å²) in [5.74, 6) is 0.650. The van der Waals surface area contributed by atoms with Crippen molar-refractivity contribution in [3.8, 4) is 0 Å². The van der Waals surface area contributed by atoms with Gasteiger partial charge in [0.2, 0.25) is 5.91 Å². The lowest BCUT2D eigenvalue weighted by atomic mass is 10.1. The largest absolute Gasteiger partial charge is 0.338 e. The summed E-state index contributed by atoms with van der Waals surface area (Å²) in [5, 5.41) is 0.746. The van der Waals surface area contributed by atoms with Crippen LogP contribution >= 0.6 is 11.6 Å². The molecule has 0 spiro atoms. The van der Waals surface area contributed by atoms with Gasteiger partial charge in [0.25, 0.3) is 0 Å². The molecule has 0 N–H and O–H groups in total. The van der Waals surface area contributed by atoms with Crippen LogP contribution in [0.3, 0.4) is 0 Å². The van der Waals surface area contributed by atoms with Crippen LogP contribution in [0.5, 0.6) is 0 Å². The van der Waals surface area contributed by atoms with E-state index >= 15 is 0 Å². The number of aromatic nitrogens is 1. The van der Waals surface area contributed by atoms with Gasteiger partial charge >= 0.3 is 0 Å². The fourth-order valence-electron chi connectivity index (χ4n) is 2.87. The Morgan fingerprint density at radius 2 is 2.19 bits per heavy atom. The van der Waals surface area contributed by atoms with Gasteiger partial charge in [-0.2, -0.15) is 0 Å². The number of hydrogen-bond donors (Lipinski definition) is 0. The molecule has 1 aliphatic rings. The molecule has 1 amide bonds. The first-order valence-corrected chi connectivity index (χ1v) is 7.72. The molecule has 0 aliphatic carbocycles. The molecule has 5 heteroatoms. The number of rotatable bonds is 4. The zero-order valence-corrected chi connectivity index (χ0v) is 14.0. The lowest BCUT2D eigenvalue weighted by molar-refractivity contribution is -0.131. The summed E-state index contributed by atoms with van der Waals surface area (Å²) < 4.78 is 0. The molecule has 2 rings (SSSR count). The maximum absolute atomic E-state index is 12.1. The molecule has 1 saturated heterocycles. The van der Waals surface area contributed by atoms with Crippen LogP contribution in [0.15, 0.2) is 18.5 Å². The van der Waals surface area contributed by atoms with E-state index in [4.69, 9.17) is 11.6 Å². The maximum atomic E-state index is 12.1. The minimum Gasteiger partial charge on any atom is -0.338 e. The summed E-state index contributed by atoms with van der Waals surface area (Å²) >= 11 is 6.16. The summed E-state index contributed by atoms with van der Waals surface area (Å²) in [6.45, 7) is 8.76. The third kappa shape index (κ3) is 4.17. The van der Waals surface area contributed by atoms with Gasteiger partial charge in [-0.1, -0.05) is 11.6 Å². The molecule has 0 aromatic carbocycles. The molecule has 1 atom stereocenters. The Balaban J connectivity index is 1.91. The van der Waals surface area contributed by atoms with Crippen molar-refractivity contribution in [3.63, 3.8) is 0 Å². The molecule has 21 heavy (non-hydrogen) atoms. The second-order valence-corrected chi connectivity index (χ2v) is 7.32. The van der Waals surface area contributed by atoms with Crippen molar-refractivity contribution < 1.29 is 4.79 Å². The van der Waals surface area contributed by atoms with Crippen LogP contribution in [-0.4, -0.2) is 46.4 Å². The third-order valence-electron chi connectivity index (χ3n) is 3.87. The molecule has 4 nitrogen and oxygen atoms in total. The Labute approximate surface area is 132 Å². The molecular weight excluding hydrogens is 286 g/mol. The summed E-state index contributed by atoms with van der Waals surface area (Å²) in [4.78, 5) is 20.4. The molecule has 1 unspecified atom stereocenters. The molecule has 116 valence electrons. The molecule has 0 saturated carbocycles. The van der Waals surface area contributed by atoms with Gasteiger partial charge in [-0.3, -0.25) is 9.78 Å². The van der Waals surface area contributed by atoms with E-state index in [-0.39, 0.29) is 11.4 Å². The monoisotopic (exact) mass is 309 g/mol. The SMILES string of the molecule is CN(Cc1cnccc1Cl)CC1CC(=O)N(C(C)(C)C)C1. The average molecular weight is 310 g/mol. The van der Waals surface area contributed by atoms with Crippen LogP contribution in [0.25, 0.3) is 0 Å². The minimum atomic E-state index is -0.0862. The summed E-state index contributed by atoms with van der Waals surface area (Å²) in [7, 11) is 2.06. The number of hydrogen-bond acceptors (Lipinski definition) is 3. The molecular formula is C16H24ClN3O. The van der Waals surface area contributed by atoms with E-state index in [1.54, 1.807) is 12.4 Å². The topological polar surface area (TPSA) is 36.4 Å². The van der Waals surface area contributed by atoms with Gasteiger partial charge in [-0.25, -0.2) is 0 Å².